The Morgan fingerprint density at radius 3 is 2.41 bits per heavy atom. The van der Waals surface area contributed by atoms with Crippen LogP contribution in [0.4, 0.5) is 0 Å². The molecule has 0 aromatic heterocycles. The smallest absolute Gasteiger partial charge is 0.174 e. The van der Waals surface area contributed by atoms with Crippen molar-refractivity contribution in [2.45, 2.75) is 205 Å². The first-order valence-electron chi connectivity index (χ1n) is 26.1. The normalized spacial score (nSPS) is 42.7. The van der Waals surface area contributed by atoms with Gasteiger partial charge in [-0.15, -0.1) is 0 Å². The van der Waals surface area contributed by atoms with E-state index in [1.165, 1.54) is 109 Å². The average molecular weight is 819 g/mol. The van der Waals surface area contributed by atoms with Crippen molar-refractivity contribution in [2.24, 2.45) is 40.9 Å². The largest absolute Gasteiger partial charge is 0.366 e. The number of nitriles is 1. The Labute approximate surface area is 368 Å². The molecule has 0 radical (unpaired) electrons. The van der Waals surface area contributed by atoms with Crippen LogP contribution in [0.5, 0.6) is 0 Å². The Morgan fingerprint density at radius 1 is 0.738 bits per heavy atom. The van der Waals surface area contributed by atoms with Crippen LogP contribution in [0.3, 0.4) is 0 Å². The third-order valence-corrected chi connectivity index (χ3v) is 19.4. The van der Waals surface area contributed by atoms with Crippen molar-refractivity contribution in [3.05, 3.63) is 92.9 Å². The molecule has 3 aliphatic heterocycles. The van der Waals surface area contributed by atoms with Crippen molar-refractivity contribution >= 4 is 0 Å². The third-order valence-electron chi connectivity index (χ3n) is 19.4. The van der Waals surface area contributed by atoms with Crippen LogP contribution in [0, 0.1) is 52.3 Å². The number of quaternary nitrogens is 1. The molecule has 5 heteroatoms. The van der Waals surface area contributed by atoms with Gasteiger partial charge >= 0.3 is 0 Å². The summed E-state index contributed by atoms with van der Waals surface area (Å²) in [5.41, 5.74) is 15.2. The van der Waals surface area contributed by atoms with Gasteiger partial charge in [-0.05, 0) is 155 Å². The van der Waals surface area contributed by atoms with Gasteiger partial charge in [0.05, 0.1) is 30.1 Å². The van der Waals surface area contributed by atoms with Crippen molar-refractivity contribution in [3.63, 3.8) is 0 Å². The summed E-state index contributed by atoms with van der Waals surface area (Å²) < 4.78 is 0. The molecule has 5 nitrogen and oxygen atoms in total. The lowest BCUT2D eigenvalue weighted by molar-refractivity contribution is -1.01. The van der Waals surface area contributed by atoms with E-state index in [1.807, 2.05) is 10.5 Å². The van der Waals surface area contributed by atoms with E-state index in [4.69, 9.17) is 0 Å². The summed E-state index contributed by atoms with van der Waals surface area (Å²) in [5.74, 6) is 3.45. The number of rotatable bonds is 5. The summed E-state index contributed by atoms with van der Waals surface area (Å²) in [5, 5.41) is 16.0. The zero-order valence-corrected chi connectivity index (χ0v) is 38.2. The van der Waals surface area contributed by atoms with E-state index in [-0.39, 0.29) is 23.5 Å². The molecule has 0 aromatic rings. The standard InChI is InChI=1S/C56H75N5/c1-34-25-27-49-43(29-34)44-30-35(2)26-28-50(44)61(49)52-32-51(60-47-23-12-9-18-39(47)40-19-10-13-24-48(40)60)36(33-57)31-45(52)55-58-54(59(55)37-15-6-5-7-16-37)42-21-14-20-41-38-17-8-11-22-46(38)56(3,4)53(41)42/h9,14,17-18,21-22,31,34-37,40-41,43,48-49,51-52,54-55,58H,5-8,10-13,15-16,19-20,23-30,32H2,1-4H3/p+1. The fraction of sp³-hybridized carbons (Fsp3) is 0.696. The topological polar surface area (TPSA) is 46.7 Å². The van der Waals surface area contributed by atoms with E-state index in [1.54, 1.807) is 44.8 Å². The lowest BCUT2D eigenvalue weighted by Crippen LogP contribution is -3.33. The highest BCUT2D eigenvalue weighted by Gasteiger charge is 2.59. The summed E-state index contributed by atoms with van der Waals surface area (Å²) in [4.78, 5) is 7.91. The fourth-order valence-corrected chi connectivity index (χ4v) is 16.9. The molecule has 12 aliphatic rings. The summed E-state index contributed by atoms with van der Waals surface area (Å²) in [7, 11) is 0. The highest BCUT2D eigenvalue weighted by atomic mass is 15.5. The van der Waals surface area contributed by atoms with E-state index in [9.17, 15) is 5.26 Å². The molecular formula is C56H76N5+. The Hall–Kier alpha value is -3.07. The molecule has 13 unspecified atom stereocenters. The van der Waals surface area contributed by atoms with Gasteiger partial charge in [0.25, 0.3) is 0 Å². The van der Waals surface area contributed by atoms with Crippen molar-refractivity contribution in [1.82, 2.24) is 15.1 Å². The molecule has 9 aliphatic carbocycles. The Kier molecular flexibility index (Phi) is 9.90. The van der Waals surface area contributed by atoms with Crippen LogP contribution in [-0.4, -0.2) is 52.3 Å². The van der Waals surface area contributed by atoms with E-state index < -0.39 is 0 Å². The number of hydrogen-bond acceptors (Lipinski definition) is 4. The Morgan fingerprint density at radius 2 is 1.54 bits per heavy atom. The Bertz CT molecular complexity index is 2110. The maximum absolute atomic E-state index is 11.5. The highest BCUT2D eigenvalue weighted by molar-refractivity contribution is 5.60. The van der Waals surface area contributed by atoms with Crippen LogP contribution < -0.4 is 10.2 Å². The molecule has 1 saturated heterocycles. The maximum Gasteiger partial charge on any atom is 0.174 e. The van der Waals surface area contributed by atoms with Gasteiger partial charge in [0.2, 0.25) is 0 Å². The molecule has 13 atom stereocenters. The molecule has 0 aromatic carbocycles. The van der Waals surface area contributed by atoms with Crippen LogP contribution in [0.1, 0.15) is 163 Å². The zero-order chi connectivity index (χ0) is 41.1. The first kappa shape index (κ1) is 39.5. The van der Waals surface area contributed by atoms with Crippen LogP contribution in [-0.2, 0) is 0 Å². The summed E-state index contributed by atoms with van der Waals surface area (Å²) in [6.07, 6.45) is 45.5. The van der Waals surface area contributed by atoms with Crippen LogP contribution in [0.2, 0.25) is 0 Å². The molecule has 12 rings (SSSR count). The average Bonchev–Trinajstić information content (AvgIpc) is 3.86. The van der Waals surface area contributed by atoms with E-state index >= 15 is 0 Å². The second-order valence-corrected chi connectivity index (χ2v) is 23.1. The number of nitrogens with zero attached hydrogens (tertiary/aromatic N) is 3. The molecule has 324 valence electrons. The molecule has 2 N–H and O–H groups in total. The highest BCUT2D eigenvalue weighted by Crippen LogP contribution is 2.59. The van der Waals surface area contributed by atoms with Crippen LogP contribution in [0.25, 0.3) is 0 Å². The van der Waals surface area contributed by atoms with Gasteiger partial charge < -0.3 is 9.80 Å². The van der Waals surface area contributed by atoms with E-state index in [2.05, 4.69) is 91.4 Å². The van der Waals surface area contributed by atoms with Crippen molar-refractivity contribution < 1.29 is 4.90 Å². The maximum atomic E-state index is 11.5. The molecule has 61 heavy (non-hydrogen) atoms. The van der Waals surface area contributed by atoms with Crippen LogP contribution >= 0.6 is 0 Å². The SMILES string of the molecule is CC1CCC2=C(C1)C1CC(C)CCC1N2C1CC(N2C3=C(C=CCC3)C3CCCCC32)C(C#N)C=C1C1NC(C2=C3C(CC=C2)C2=CCCC=C2C3(C)C)[NH+]1C1CCCCC1. The van der Waals surface area contributed by atoms with Gasteiger partial charge in [0, 0.05) is 57.8 Å². The first-order chi connectivity index (χ1) is 29.8. The van der Waals surface area contributed by atoms with E-state index in [0.29, 0.717) is 42.2 Å². The lowest BCUT2D eigenvalue weighted by Gasteiger charge is -2.56. The van der Waals surface area contributed by atoms with Gasteiger partial charge in [-0.25, -0.2) is 5.32 Å². The van der Waals surface area contributed by atoms with Crippen LogP contribution in [0.15, 0.2) is 92.9 Å². The van der Waals surface area contributed by atoms with E-state index in [0.717, 1.165) is 43.4 Å². The van der Waals surface area contributed by atoms with Crippen molar-refractivity contribution in [1.29, 1.82) is 5.26 Å². The molecule has 0 amide bonds. The second-order valence-electron chi connectivity index (χ2n) is 23.1. The Balaban J connectivity index is 0.985. The van der Waals surface area contributed by atoms with Crippen molar-refractivity contribution in [2.75, 3.05) is 0 Å². The molecular weight excluding hydrogens is 743 g/mol. The number of allylic oxidation sites excluding steroid dienone is 10. The number of hydrogen-bond donors (Lipinski definition) is 2. The van der Waals surface area contributed by atoms with Gasteiger partial charge in [-0.3, -0.25) is 4.90 Å². The van der Waals surface area contributed by atoms with Crippen molar-refractivity contribution in [3.8, 4) is 6.07 Å². The molecule has 3 heterocycles. The fourth-order valence-electron chi connectivity index (χ4n) is 16.9. The minimum Gasteiger partial charge on any atom is -0.366 e. The minimum atomic E-state index is -0.0820. The lowest BCUT2D eigenvalue weighted by atomic mass is 9.72. The second kappa shape index (κ2) is 15.3. The summed E-state index contributed by atoms with van der Waals surface area (Å²) in [6.45, 7) is 10.2. The number of nitrogens with one attached hydrogen (secondary N) is 2. The predicted octanol–water partition coefficient (Wildman–Crippen LogP) is 10.9. The zero-order valence-electron chi connectivity index (χ0n) is 38.2. The predicted molar refractivity (Wildman–Crippen MR) is 247 cm³/mol. The molecule has 0 spiro atoms. The van der Waals surface area contributed by atoms with Gasteiger partial charge in [0.1, 0.15) is 0 Å². The first-order valence-corrected chi connectivity index (χ1v) is 26.1. The summed E-state index contributed by atoms with van der Waals surface area (Å²) in [6, 6.07) is 5.53. The third kappa shape index (κ3) is 6.09. The number of fused-ring (bicyclic) bond motifs is 7. The van der Waals surface area contributed by atoms with Gasteiger partial charge in [-0.2, -0.15) is 5.26 Å². The molecule has 0 bridgehead atoms. The monoisotopic (exact) mass is 819 g/mol. The molecule has 5 fully saturated rings. The minimum absolute atomic E-state index is 0.0749. The molecule has 4 saturated carbocycles. The van der Waals surface area contributed by atoms with Gasteiger partial charge in [-0.1, -0.05) is 89.5 Å². The van der Waals surface area contributed by atoms with Gasteiger partial charge in [0.15, 0.2) is 12.3 Å². The quantitative estimate of drug-likeness (QED) is 0.271. The summed E-state index contributed by atoms with van der Waals surface area (Å²) >= 11 is 0.